The molecule has 0 amide bonds. The zero-order valence-corrected chi connectivity index (χ0v) is 18.6. The third kappa shape index (κ3) is 5.55. The molecule has 3 heterocycles. The van der Waals surface area contributed by atoms with Crippen LogP contribution in [0, 0.1) is 5.92 Å². The van der Waals surface area contributed by atoms with Gasteiger partial charge in [0.05, 0.1) is 0 Å². The Morgan fingerprint density at radius 3 is 2.20 bits per heavy atom. The van der Waals surface area contributed by atoms with E-state index < -0.39 is 56.4 Å². The van der Waals surface area contributed by atoms with Crippen LogP contribution >= 0.6 is 7.74 Å². The molecule has 3 aliphatic rings. The molecule has 3 saturated heterocycles. The van der Waals surface area contributed by atoms with Crippen LogP contribution in [0.2, 0.25) is 0 Å². The van der Waals surface area contributed by atoms with Gasteiger partial charge in [-0.2, -0.15) is 0 Å². The molecule has 0 aromatic rings. The number of rotatable bonds is 9. The number of hydrogen-bond acceptors (Lipinski definition) is 10. The summed E-state index contributed by atoms with van der Waals surface area (Å²) in [5.41, 5.74) is 0. The molecule has 0 saturated carbocycles. The van der Waals surface area contributed by atoms with Crippen molar-refractivity contribution >= 4 is 23.4 Å². The van der Waals surface area contributed by atoms with Gasteiger partial charge in [-0.3, -0.25) is 0 Å². The molecule has 0 aromatic carbocycles. The third-order valence-electron chi connectivity index (χ3n) is 5.00. The number of aliphatic hydroxyl groups excluding tert-OH is 1. The predicted octanol–water partition coefficient (Wildman–Crippen LogP) is -0.486. The second-order valence-electron chi connectivity index (χ2n) is 8.58. The van der Waals surface area contributed by atoms with Crippen molar-refractivity contribution in [2.24, 2.45) is 5.92 Å². The molecule has 170 valence electrons. The van der Waals surface area contributed by atoms with Crippen LogP contribution in [-0.2, 0) is 32.5 Å². The number of aliphatic hydroxyl groups is 1. The fourth-order valence-electron chi connectivity index (χ4n) is 3.54. The average Bonchev–Trinajstić information content (AvgIpc) is 3.19. The third-order valence-corrected chi connectivity index (χ3v) is 6.80. The molecular weight excluding hydrogens is 417 g/mol. The molecule has 0 aliphatic carbocycles. The van der Waals surface area contributed by atoms with Crippen LogP contribution in [0.3, 0.4) is 0 Å². The van der Waals surface area contributed by atoms with E-state index in [0.717, 1.165) is 0 Å². The van der Waals surface area contributed by atoms with Crippen LogP contribution in [0.15, 0.2) is 0 Å². The molecule has 3 aliphatic heterocycles. The second kappa shape index (κ2) is 9.19. The van der Waals surface area contributed by atoms with Crippen molar-refractivity contribution in [3.63, 3.8) is 0 Å². The van der Waals surface area contributed by atoms with Crippen molar-refractivity contribution in [2.75, 3.05) is 19.8 Å². The molecule has 0 bridgehead atoms. The maximum absolute atomic E-state index is 10.7. The number of hydrogen-bond donors (Lipinski definition) is 3. The van der Waals surface area contributed by atoms with Gasteiger partial charge in [-0.15, -0.1) is 0 Å². The van der Waals surface area contributed by atoms with Crippen LogP contribution in [0.5, 0.6) is 0 Å². The Morgan fingerprint density at radius 1 is 0.933 bits per heavy atom. The van der Waals surface area contributed by atoms with E-state index in [4.69, 9.17) is 48.2 Å². The van der Waals surface area contributed by atoms with Crippen LogP contribution in [0.1, 0.15) is 27.7 Å². The second-order valence-corrected chi connectivity index (χ2v) is 10.9. The van der Waals surface area contributed by atoms with Gasteiger partial charge >= 0.3 is 179 Å². The Morgan fingerprint density at radius 2 is 1.57 bits per heavy atom. The average molecular weight is 448 g/mol. The molecule has 30 heavy (non-hydrogen) atoms. The molecule has 0 spiro atoms. The molecule has 2 unspecified atom stereocenters. The van der Waals surface area contributed by atoms with Crippen molar-refractivity contribution in [3.05, 3.63) is 0 Å². The summed E-state index contributed by atoms with van der Waals surface area (Å²) in [4.78, 5) is 21.5. The molecular formula is C17H31B2O10P. The Hall–Kier alpha value is 0.160. The molecule has 4 radical (unpaired) electrons. The summed E-state index contributed by atoms with van der Waals surface area (Å²) in [7, 11) is 6.19. The molecule has 3 rings (SSSR count). The summed E-state index contributed by atoms with van der Waals surface area (Å²) in [6, 6.07) is -1.94. The van der Waals surface area contributed by atoms with Gasteiger partial charge in [-0.05, 0) is 0 Å². The monoisotopic (exact) mass is 448 g/mol. The fraction of sp³-hybridized carbons (Fsp3) is 1.00. The first-order valence-corrected chi connectivity index (χ1v) is 12.1. The molecule has 10 nitrogen and oxygen atoms in total. The van der Waals surface area contributed by atoms with E-state index in [9.17, 15) is 14.9 Å². The topological polar surface area (TPSA) is 125 Å². The first kappa shape index (κ1) is 24.8. The van der Waals surface area contributed by atoms with Gasteiger partial charge in [0, 0.05) is 0 Å². The Balaban J connectivity index is 1.63. The maximum atomic E-state index is 10.7. The van der Waals surface area contributed by atoms with Gasteiger partial charge in [0.25, 0.3) is 0 Å². The van der Waals surface area contributed by atoms with Gasteiger partial charge in [0.1, 0.15) is 0 Å². The van der Waals surface area contributed by atoms with Crippen LogP contribution in [0.4, 0.5) is 0 Å². The first-order valence-electron chi connectivity index (χ1n) is 10.2. The number of ether oxygens (including phenoxy) is 4. The van der Waals surface area contributed by atoms with Gasteiger partial charge in [0.2, 0.25) is 0 Å². The SMILES string of the molecule is [B][C@@H]1O[C@H](COP2(O)(O)OC3[C@H]([B])O[C@H](COC(C)C)[C@@H]3O2)[C@H](OCC(C)C)C1O. The first-order chi connectivity index (χ1) is 13.9. The van der Waals surface area contributed by atoms with E-state index in [0.29, 0.717) is 6.61 Å². The van der Waals surface area contributed by atoms with Gasteiger partial charge < -0.3 is 0 Å². The van der Waals surface area contributed by atoms with Crippen molar-refractivity contribution in [1.82, 2.24) is 0 Å². The van der Waals surface area contributed by atoms with Gasteiger partial charge in [-0.25, -0.2) is 0 Å². The van der Waals surface area contributed by atoms with E-state index in [2.05, 4.69) is 0 Å². The summed E-state index contributed by atoms with van der Waals surface area (Å²) in [6.07, 6.45) is -5.28. The molecule has 8 atom stereocenters. The fourth-order valence-corrected chi connectivity index (χ4v) is 5.44. The summed E-state index contributed by atoms with van der Waals surface area (Å²) < 4.78 is 38.3. The molecule has 3 N–H and O–H groups in total. The minimum absolute atomic E-state index is 0.0566. The molecule has 3 fully saturated rings. The van der Waals surface area contributed by atoms with E-state index in [-0.39, 0.29) is 25.2 Å². The summed E-state index contributed by atoms with van der Waals surface area (Å²) in [6.45, 7) is 7.74. The summed E-state index contributed by atoms with van der Waals surface area (Å²) in [5, 5.41) is 10.2. The normalized spacial score (nSPS) is 43.7. The van der Waals surface area contributed by atoms with E-state index in [1.165, 1.54) is 0 Å². The zero-order valence-electron chi connectivity index (χ0n) is 17.7. The van der Waals surface area contributed by atoms with Crippen molar-refractivity contribution in [3.8, 4) is 0 Å². The van der Waals surface area contributed by atoms with Crippen molar-refractivity contribution < 1.29 is 47.4 Å². The molecule has 13 heteroatoms. The van der Waals surface area contributed by atoms with Crippen LogP contribution in [-0.4, -0.2) is 105 Å². The predicted molar refractivity (Wildman–Crippen MR) is 108 cm³/mol. The Bertz CT molecular complexity index is 597. The van der Waals surface area contributed by atoms with Gasteiger partial charge in [-0.1, -0.05) is 0 Å². The number of fused-ring (bicyclic) bond motifs is 1. The van der Waals surface area contributed by atoms with Crippen LogP contribution in [0.25, 0.3) is 0 Å². The quantitative estimate of drug-likeness (QED) is 0.315. The van der Waals surface area contributed by atoms with Crippen LogP contribution < -0.4 is 0 Å². The summed E-state index contributed by atoms with van der Waals surface area (Å²) in [5.74, 6) is 0.213. The summed E-state index contributed by atoms with van der Waals surface area (Å²) >= 11 is 0. The Kier molecular flexibility index (Phi) is 7.60. The van der Waals surface area contributed by atoms with E-state index in [1.807, 2.05) is 27.7 Å². The van der Waals surface area contributed by atoms with E-state index >= 15 is 0 Å². The standard InChI is InChI=1S/C17H31B2O10P/c1-8(2)5-24-13-11(26-16(18)12(13)20)7-25-30(21,22)28-14-10(6-23-9(3)4)27-17(19)15(14)29-30/h8-17,20-22H,5-7H2,1-4H3/t10-,11-,12?,13+,14+,15?,16-,17-/m1/s1. The van der Waals surface area contributed by atoms with E-state index in [1.54, 1.807) is 0 Å². The molecule has 0 aromatic heterocycles. The minimum atomic E-state index is -5.47. The zero-order chi connectivity index (χ0) is 22.3. The Labute approximate surface area is 179 Å². The van der Waals surface area contributed by atoms with Gasteiger partial charge in [0.15, 0.2) is 0 Å². The van der Waals surface area contributed by atoms with Crippen molar-refractivity contribution in [1.29, 1.82) is 0 Å². The van der Waals surface area contributed by atoms with Crippen molar-refractivity contribution in [2.45, 2.75) is 82.4 Å².